The number of rotatable bonds is 16. The van der Waals surface area contributed by atoms with Crippen molar-refractivity contribution in [3.05, 3.63) is 70.3 Å². The SMILES string of the molecule is CCCN(CCC)C(=O)c1cc(C)cc(C(=O)NC(Cc2cc(F)cc(F)c2)[C@H](O)CN(C)[C@@H](C)C(=O)NCC(C)C)c1. The van der Waals surface area contributed by atoms with Gasteiger partial charge in [-0.05, 0) is 87.5 Å². The van der Waals surface area contributed by atoms with Crippen LogP contribution < -0.4 is 10.6 Å². The molecule has 0 aliphatic rings. The largest absolute Gasteiger partial charge is 0.390 e. The molecule has 8 nitrogen and oxygen atoms in total. The lowest BCUT2D eigenvalue weighted by Gasteiger charge is -2.31. The van der Waals surface area contributed by atoms with Crippen LogP contribution >= 0.6 is 0 Å². The number of aliphatic hydroxyl groups is 1. The smallest absolute Gasteiger partial charge is 0.253 e. The number of hydrogen-bond donors (Lipinski definition) is 3. The third-order valence-corrected chi connectivity index (χ3v) is 7.22. The molecule has 0 saturated heterocycles. The van der Waals surface area contributed by atoms with E-state index in [2.05, 4.69) is 10.6 Å². The molecule has 0 saturated carbocycles. The number of likely N-dealkylation sites (N-methyl/N-ethyl adjacent to an activating group) is 1. The third-order valence-electron chi connectivity index (χ3n) is 7.22. The van der Waals surface area contributed by atoms with Crippen molar-refractivity contribution in [2.45, 2.75) is 79.0 Å². The highest BCUT2D eigenvalue weighted by Gasteiger charge is 2.28. The Hall–Kier alpha value is -3.37. The normalized spacial score (nSPS) is 13.5. The fourth-order valence-corrected chi connectivity index (χ4v) is 4.83. The molecule has 2 rings (SSSR count). The predicted octanol–water partition coefficient (Wildman–Crippen LogP) is 4.33. The van der Waals surface area contributed by atoms with Crippen molar-refractivity contribution < 1.29 is 28.3 Å². The van der Waals surface area contributed by atoms with Crippen LogP contribution in [0.5, 0.6) is 0 Å². The van der Waals surface area contributed by atoms with E-state index in [0.29, 0.717) is 30.8 Å². The van der Waals surface area contributed by atoms with Gasteiger partial charge in [-0.3, -0.25) is 19.3 Å². The molecule has 0 radical (unpaired) electrons. The summed E-state index contributed by atoms with van der Waals surface area (Å²) in [6.45, 7) is 13.2. The van der Waals surface area contributed by atoms with E-state index in [-0.39, 0.29) is 41.8 Å². The molecule has 0 bridgehead atoms. The summed E-state index contributed by atoms with van der Waals surface area (Å²) >= 11 is 0. The molecular formula is C33H48F2N4O4. The van der Waals surface area contributed by atoms with Gasteiger partial charge in [-0.2, -0.15) is 0 Å². The van der Waals surface area contributed by atoms with Gasteiger partial charge in [0.1, 0.15) is 11.6 Å². The maximum Gasteiger partial charge on any atom is 0.253 e. The highest BCUT2D eigenvalue weighted by Crippen LogP contribution is 2.17. The first-order valence-electron chi connectivity index (χ1n) is 15.1. The molecule has 3 N–H and O–H groups in total. The van der Waals surface area contributed by atoms with Gasteiger partial charge >= 0.3 is 0 Å². The second-order valence-electron chi connectivity index (χ2n) is 11.8. The van der Waals surface area contributed by atoms with Gasteiger partial charge in [0.05, 0.1) is 18.2 Å². The second-order valence-corrected chi connectivity index (χ2v) is 11.8. The van der Waals surface area contributed by atoms with Crippen LogP contribution in [0.15, 0.2) is 36.4 Å². The Labute approximate surface area is 254 Å². The van der Waals surface area contributed by atoms with E-state index in [1.807, 2.05) is 27.7 Å². The number of carbonyl (C=O) groups is 3. The average molecular weight is 603 g/mol. The minimum Gasteiger partial charge on any atom is -0.390 e. The lowest BCUT2D eigenvalue weighted by Crippen LogP contribution is -2.52. The lowest BCUT2D eigenvalue weighted by molar-refractivity contribution is -0.126. The third kappa shape index (κ3) is 11.3. The van der Waals surface area contributed by atoms with Crippen LogP contribution in [0.4, 0.5) is 8.78 Å². The Morgan fingerprint density at radius 1 is 0.907 bits per heavy atom. The van der Waals surface area contributed by atoms with E-state index >= 15 is 0 Å². The van der Waals surface area contributed by atoms with Gasteiger partial charge in [0.25, 0.3) is 11.8 Å². The lowest BCUT2D eigenvalue weighted by atomic mass is 9.98. The van der Waals surface area contributed by atoms with E-state index < -0.39 is 35.7 Å². The summed E-state index contributed by atoms with van der Waals surface area (Å²) in [5.74, 6) is -2.17. The van der Waals surface area contributed by atoms with Gasteiger partial charge in [0, 0.05) is 43.4 Å². The minimum absolute atomic E-state index is 0.000438. The molecule has 0 aromatic heterocycles. The van der Waals surface area contributed by atoms with Crippen molar-refractivity contribution >= 4 is 17.7 Å². The van der Waals surface area contributed by atoms with Crippen molar-refractivity contribution in [1.29, 1.82) is 0 Å². The minimum atomic E-state index is -1.20. The van der Waals surface area contributed by atoms with E-state index in [1.165, 1.54) is 6.07 Å². The molecule has 0 heterocycles. The average Bonchev–Trinajstić information content (AvgIpc) is 2.93. The number of carbonyl (C=O) groups excluding carboxylic acids is 3. The molecule has 2 aromatic carbocycles. The fraction of sp³-hybridized carbons (Fsp3) is 0.545. The van der Waals surface area contributed by atoms with Crippen molar-refractivity contribution in [3.8, 4) is 0 Å². The van der Waals surface area contributed by atoms with Crippen molar-refractivity contribution in [2.75, 3.05) is 33.2 Å². The van der Waals surface area contributed by atoms with E-state index in [9.17, 15) is 28.3 Å². The van der Waals surface area contributed by atoms with Crippen LogP contribution in [-0.2, 0) is 11.2 Å². The number of hydrogen-bond acceptors (Lipinski definition) is 5. The highest BCUT2D eigenvalue weighted by molar-refractivity contribution is 6.00. The molecule has 43 heavy (non-hydrogen) atoms. The van der Waals surface area contributed by atoms with Gasteiger partial charge in [-0.15, -0.1) is 0 Å². The Kier molecular flexibility index (Phi) is 14.2. The Balaban J connectivity index is 2.33. The summed E-state index contributed by atoms with van der Waals surface area (Å²) in [7, 11) is 1.68. The number of amides is 3. The Morgan fingerprint density at radius 2 is 1.49 bits per heavy atom. The molecular weight excluding hydrogens is 554 g/mol. The van der Waals surface area contributed by atoms with E-state index in [4.69, 9.17) is 0 Å². The second kappa shape index (κ2) is 17.1. The number of nitrogens with zero attached hydrogens (tertiary/aromatic N) is 2. The van der Waals surface area contributed by atoms with Crippen molar-refractivity contribution in [1.82, 2.24) is 20.4 Å². The summed E-state index contributed by atoms with van der Waals surface area (Å²) in [5, 5.41) is 17.0. The molecule has 0 fully saturated rings. The molecule has 10 heteroatoms. The number of aryl methyl sites for hydroxylation is 1. The van der Waals surface area contributed by atoms with Crippen LogP contribution in [0.25, 0.3) is 0 Å². The van der Waals surface area contributed by atoms with Crippen molar-refractivity contribution in [2.24, 2.45) is 5.92 Å². The van der Waals surface area contributed by atoms with Gasteiger partial charge < -0.3 is 20.6 Å². The summed E-state index contributed by atoms with van der Waals surface area (Å²) < 4.78 is 28.0. The van der Waals surface area contributed by atoms with Crippen LogP contribution in [0, 0.1) is 24.5 Å². The highest BCUT2D eigenvalue weighted by atomic mass is 19.1. The zero-order chi connectivity index (χ0) is 32.3. The summed E-state index contributed by atoms with van der Waals surface area (Å²) in [6.07, 6.45) is 0.341. The molecule has 0 aliphatic carbocycles. The maximum absolute atomic E-state index is 14.0. The van der Waals surface area contributed by atoms with Crippen LogP contribution in [0.2, 0.25) is 0 Å². The Morgan fingerprint density at radius 3 is 2.05 bits per heavy atom. The quantitative estimate of drug-likeness (QED) is 0.266. The zero-order valence-corrected chi connectivity index (χ0v) is 26.5. The molecule has 0 aliphatic heterocycles. The number of aliphatic hydroxyl groups excluding tert-OH is 1. The van der Waals surface area contributed by atoms with Crippen LogP contribution in [0.3, 0.4) is 0 Å². The first-order chi connectivity index (χ1) is 20.2. The van der Waals surface area contributed by atoms with Crippen LogP contribution in [-0.4, -0.2) is 84.0 Å². The molecule has 3 amide bonds. The van der Waals surface area contributed by atoms with Gasteiger partial charge in [0.2, 0.25) is 5.91 Å². The fourth-order valence-electron chi connectivity index (χ4n) is 4.83. The molecule has 1 unspecified atom stereocenters. The van der Waals surface area contributed by atoms with Crippen molar-refractivity contribution in [3.63, 3.8) is 0 Å². The van der Waals surface area contributed by atoms with E-state index in [0.717, 1.165) is 31.0 Å². The number of halogens is 2. The summed E-state index contributed by atoms with van der Waals surface area (Å²) in [6, 6.07) is 6.44. The van der Waals surface area contributed by atoms with Gasteiger partial charge in [-0.1, -0.05) is 27.7 Å². The summed E-state index contributed by atoms with van der Waals surface area (Å²) in [4.78, 5) is 42.8. The monoisotopic (exact) mass is 602 g/mol. The zero-order valence-electron chi connectivity index (χ0n) is 26.5. The van der Waals surface area contributed by atoms with Gasteiger partial charge in [0.15, 0.2) is 0 Å². The first-order valence-corrected chi connectivity index (χ1v) is 15.1. The molecule has 0 spiro atoms. The standard InChI is InChI=1S/C33H48F2N4O4/c1-8-10-39(11-9-2)33(43)26-13-22(5)12-25(17-26)32(42)37-29(16-24-14-27(34)18-28(35)15-24)30(40)20-38(7)23(6)31(41)36-19-21(3)4/h12-15,17-18,21,23,29-30,40H,8-11,16,19-20H2,1-7H3,(H,36,41)(H,37,42)/t23-,29?,30+/m0/s1. The van der Waals surface area contributed by atoms with Gasteiger partial charge in [-0.25, -0.2) is 8.78 Å². The Bertz CT molecular complexity index is 1210. The van der Waals surface area contributed by atoms with E-state index in [1.54, 1.807) is 42.8 Å². The molecule has 2 aromatic rings. The van der Waals surface area contributed by atoms with Crippen LogP contribution in [0.1, 0.15) is 79.3 Å². The topological polar surface area (TPSA) is 102 Å². The molecule has 3 atom stereocenters. The maximum atomic E-state index is 14.0. The predicted molar refractivity (Wildman–Crippen MR) is 165 cm³/mol. The first kappa shape index (κ1) is 35.8. The molecule has 238 valence electrons. The number of benzene rings is 2. The summed E-state index contributed by atoms with van der Waals surface area (Å²) in [5.41, 5.74) is 1.59. The number of nitrogens with one attached hydrogen (secondary N) is 2.